The average Bonchev–Trinajstić information content (AvgIpc) is 2.05. The lowest BCUT2D eigenvalue weighted by atomic mass is 10.2. The Morgan fingerprint density at radius 1 is 1.42 bits per heavy atom. The summed E-state index contributed by atoms with van der Waals surface area (Å²) in [6, 6.07) is 0.556. The number of aliphatic imine (C=N–C) groups is 1. The predicted molar refractivity (Wildman–Crippen MR) is 55.8 cm³/mol. The van der Waals surface area contributed by atoms with Crippen molar-refractivity contribution in [2.24, 2.45) is 4.99 Å². The van der Waals surface area contributed by atoms with Crippen LogP contribution in [0.15, 0.2) is 4.99 Å². The second-order valence-electron chi connectivity index (χ2n) is 3.45. The van der Waals surface area contributed by atoms with E-state index in [0.717, 1.165) is 6.42 Å². The van der Waals surface area contributed by atoms with Gasteiger partial charge in [-0.1, -0.05) is 13.3 Å². The second-order valence-corrected chi connectivity index (χ2v) is 3.45. The van der Waals surface area contributed by atoms with Gasteiger partial charge in [-0.15, -0.1) is 0 Å². The van der Waals surface area contributed by atoms with Crippen LogP contribution in [0.3, 0.4) is 0 Å². The number of nitrogens with zero attached hydrogens (tertiary/aromatic N) is 2. The van der Waals surface area contributed by atoms with E-state index in [1.54, 1.807) is 0 Å². The Labute approximate surface area is 76.7 Å². The molecule has 0 aromatic rings. The number of rotatable bonds is 4. The summed E-state index contributed by atoms with van der Waals surface area (Å²) in [6.45, 7) is 6.59. The molecule has 0 rings (SSSR count). The maximum absolute atomic E-state index is 4.29. The lowest BCUT2D eigenvalue weighted by Gasteiger charge is -2.25. The molecule has 0 aliphatic heterocycles. The standard InChI is InChI=1S/C10H22N2/c1-6-7-8-10(11-4)12(5)9(2)3/h9H,6-8H2,1-5H3. The van der Waals surface area contributed by atoms with Gasteiger partial charge in [-0.2, -0.15) is 0 Å². The smallest absolute Gasteiger partial charge is 0.0985 e. The van der Waals surface area contributed by atoms with Crippen LogP contribution in [0.25, 0.3) is 0 Å². The van der Waals surface area contributed by atoms with Gasteiger partial charge < -0.3 is 4.90 Å². The van der Waals surface area contributed by atoms with Gasteiger partial charge in [0, 0.05) is 26.6 Å². The van der Waals surface area contributed by atoms with Crippen molar-refractivity contribution in [2.45, 2.75) is 46.1 Å². The van der Waals surface area contributed by atoms with Crippen LogP contribution in [0.1, 0.15) is 40.0 Å². The van der Waals surface area contributed by atoms with Crippen molar-refractivity contribution < 1.29 is 0 Å². The zero-order chi connectivity index (χ0) is 9.56. The minimum Gasteiger partial charge on any atom is -0.361 e. The SMILES string of the molecule is CCCCC(=NC)N(C)C(C)C. The van der Waals surface area contributed by atoms with Gasteiger partial charge >= 0.3 is 0 Å². The number of hydrogen-bond acceptors (Lipinski definition) is 1. The molecular weight excluding hydrogens is 148 g/mol. The first-order valence-corrected chi connectivity index (χ1v) is 4.82. The third kappa shape index (κ3) is 3.74. The largest absolute Gasteiger partial charge is 0.361 e. The fourth-order valence-corrected chi connectivity index (χ4v) is 1.08. The lowest BCUT2D eigenvalue weighted by molar-refractivity contribution is 0.406. The van der Waals surface area contributed by atoms with Gasteiger partial charge in [-0.25, -0.2) is 0 Å². The summed E-state index contributed by atoms with van der Waals surface area (Å²) in [5.41, 5.74) is 0. The molecule has 0 aromatic heterocycles. The second kappa shape index (κ2) is 6.04. The molecule has 2 nitrogen and oxygen atoms in total. The van der Waals surface area contributed by atoms with Crippen molar-refractivity contribution in [1.29, 1.82) is 0 Å². The van der Waals surface area contributed by atoms with Gasteiger partial charge in [-0.3, -0.25) is 4.99 Å². The molecule has 0 spiro atoms. The molecule has 0 amide bonds. The van der Waals surface area contributed by atoms with Gasteiger partial charge in [0.2, 0.25) is 0 Å². The molecule has 0 atom stereocenters. The van der Waals surface area contributed by atoms with Crippen LogP contribution >= 0.6 is 0 Å². The fraction of sp³-hybridized carbons (Fsp3) is 0.900. The van der Waals surface area contributed by atoms with Crippen LogP contribution in [-0.2, 0) is 0 Å². The molecule has 72 valence electrons. The molecule has 0 radical (unpaired) electrons. The first-order chi connectivity index (χ1) is 5.63. The molecular formula is C10H22N2. The van der Waals surface area contributed by atoms with E-state index < -0.39 is 0 Å². The minimum absolute atomic E-state index is 0.556. The molecule has 0 aromatic carbocycles. The molecule has 0 unspecified atom stereocenters. The highest BCUT2D eigenvalue weighted by atomic mass is 15.2. The van der Waals surface area contributed by atoms with Crippen LogP contribution in [0.4, 0.5) is 0 Å². The molecule has 0 fully saturated rings. The summed E-state index contributed by atoms with van der Waals surface area (Å²) >= 11 is 0. The number of amidine groups is 1. The van der Waals surface area contributed by atoms with Gasteiger partial charge in [0.1, 0.15) is 0 Å². The molecule has 0 N–H and O–H groups in total. The summed E-state index contributed by atoms with van der Waals surface area (Å²) in [5.74, 6) is 1.23. The first-order valence-electron chi connectivity index (χ1n) is 4.82. The monoisotopic (exact) mass is 170 g/mol. The van der Waals surface area contributed by atoms with E-state index in [4.69, 9.17) is 0 Å². The number of hydrogen-bond donors (Lipinski definition) is 0. The van der Waals surface area contributed by atoms with E-state index in [0.29, 0.717) is 6.04 Å². The molecule has 12 heavy (non-hydrogen) atoms. The van der Waals surface area contributed by atoms with Crippen LogP contribution in [0.5, 0.6) is 0 Å². The molecule has 0 aliphatic rings. The summed E-state index contributed by atoms with van der Waals surface area (Å²) in [7, 11) is 3.99. The van der Waals surface area contributed by atoms with Gasteiger partial charge in [0.25, 0.3) is 0 Å². The van der Waals surface area contributed by atoms with Crippen molar-refractivity contribution in [3.05, 3.63) is 0 Å². The Balaban J connectivity index is 3.98. The molecule has 0 saturated heterocycles. The van der Waals surface area contributed by atoms with E-state index in [1.807, 2.05) is 7.05 Å². The molecule has 0 heterocycles. The Kier molecular flexibility index (Phi) is 5.77. The highest BCUT2D eigenvalue weighted by molar-refractivity contribution is 5.82. The molecule has 0 saturated carbocycles. The van der Waals surface area contributed by atoms with Crippen LogP contribution in [0.2, 0.25) is 0 Å². The van der Waals surface area contributed by atoms with E-state index >= 15 is 0 Å². The zero-order valence-corrected chi connectivity index (χ0v) is 9.09. The quantitative estimate of drug-likeness (QED) is 0.467. The Morgan fingerprint density at radius 2 is 2.00 bits per heavy atom. The van der Waals surface area contributed by atoms with E-state index in [-0.39, 0.29) is 0 Å². The zero-order valence-electron chi connectivity index (χ0n) is 9.09. The third-order valence-electron chi connectivity index (χ3n) is 2.19. The Morgan fingerprint density at radius 3 is 2.33 bits per heavy atom. The van der Waals surface area contributed by atoms with Gasteiger partial charge in [-0.05, 0) is 20.3 Å². The van der Waals surface area contributed by atoms with Crippen molar-refractivity contribution >= 4 is 5.84 Å². The summed E-state index contributed by atoms with van der Waals surface area (Å²) in [4.78, 5) is 6.54. The summed E-state index contributed by atoms with van der Waals surface area (Å²) in [6.07, 6.45) is 3.59. The third-order valence-corrected chi connectivity index (χ3v) is 2.19. The van der Waals surface area contributed by atoms with Crippen molar-refractivity contribution in [1.82, 2.24) is 4.90 Å². The predicted octanol–water partition coefficient (Wildman–Crippen LogP) is 2.55. The maximum atomic E-state index is 4.29. The Hall–Kier alpha value is -0.530. The van der Waals surface area contributed by atoms with Crippen LogP contribution < -0.4 is 0 Å². The highest BCUT2D eigenvalue weighted by Gasteiger charge is 2.07. The Bertz CT molecular complexity index is 139. The molecule has 0 bridgehead atoms. The molecule has 0 aliphatic carbocycles. The molecule has 2 heteroatoms. The fourth-order valence-electron chi connectivity index (χ4n) is 1.08. The summed E-state index contributed by atoms with van der Waals surface area (Å²) < 4.78 is 0. The maximum Gasteiger partial charge on any atom is 0.0985 e. The number of unbranched alkanes of at least 4 members (excludes halogenated alkanes) is 1. The minimum atomic E-state index is 0.556. The van der Waals surface area contributed by atoms with E-state index in [1.165, 1.54) is 18.7 Å². The van der Waals surface area contributed by atoms with E-state index in [9.17, 15) is 0 Å². The van der Waals surface area contributed by atoms with Crippen LogP contribution in [0, 0.1) is 0 Å². The van der Waals surface area contributed by atoms with Crippen molar-refractivity contribution in [2.75, 3.05) is 14.1 Å². The van der Waals surface area contributed by atoms with Crippen molar-refractivity contribution in [3.63, 3.8) is 0 Å². The highest BCUT2D eigenvalue weighted by Crippen LogP contribution is 2.03. The van der Waals surface area contributed by atoms with Gasteiger partial charge in [0.05, 0.1) is 5.84 Å². The first kappa shape index (κ1) is 11.5. The van der Waals surface area contributed by atoms with Gasteiger partial charge in [0.15, 0.2) is 0 Å². The van der Waals surface area contributed by atoms with E-state index in [2.05, 4.69) is 37.7 Å². The normalized spacial score (nSPS) is 12.3. The average molecular weight is 170 g/mol. The summed E-state index contributed by atoms with van der Waals surface area (Å²) in [5, 5.41) is 0. The van der Waals surface area contributed by atoms with Crippen molar-refractivity contribution in [3.8, 4) is 0 Å². The van der Waals surface area contributed by atoms with Crippen LogP contribution in [-0.4, -0.2) is 30.9 Å². The lowest BCUT2D eigenvalue weighted by Crippen LogP contribution is -2.32. The topological polar surface area (TPSA) is 15.6 Å².